The highest BCUT2D eigenvalue weighted by Gasteiger charge is 2.10. The average Bonchev–Trinajstić information content (AvgIpc) is 2.43. The molecule has 3 N–H and O–H groups in total. The van der Waals surface area contributed by atoms with Crippen LogP contribution in [-0.4, -0.2) is 36.9 Å². The number of nitrogens with one attached hydrogen (secondary N) is 2. The lowest BCUT2D eigenvalue weighted by Gasteiger charge is -2.09. The molecule has 0 saturated carbocycles. The molecule has 6 nitrogen and oxygen atoms in total. The van der Waals surface area contributed by atoms with Crippen molar-refractivity contribution in [2.45, 2.75) is 19.8 Å². The van der Waals surface area contributed by atoms with Gasteiger partial charge in [-0.3, -0.25) is 0 Å². The van der Waals surface area contributed by atoms with Crippen LogP contribution >= 0.6 is 0 Å². The Morgan fingerprint density at radius 3 is 2.70 bits per heavy atom. The number of hydrogen-bond acceptors (Lipinski definition) is 3. The summed E-state index contributed by atoms with van der Waals surface area (Å²) < 4.78 is 5.28. The number of para-hydroxylation sites is 1. The van der Waals surface area contributed by atoms with Crippen LogP contribution in [0.4, 0.5) is 10.5 Å². The molecule has 0 spiro atoms. The molecule has 0 aromatic heterocycles. The zero-order valence-electron chi connectivity index (χ0n) is 11.5. The first kappa shape index (κ1) is 16.0. The quantitative estimate of drug-likeness (QED) is 0.638. The van der Waals surface area contributed by atoms with Crippen molar-refractivity contribution in [3.8, 4) is 0 Å². The molecule has 0 heterocycles. The Bertz CT molecular complexity index is 449. The number of carboxylic acids is 1. The number of urea groups is 1. The van der Waals surface area contributed by atoms with Crippen LogP contribution in [0.15, 0.2) is 24.3 Å². The molecule has 110 valence electrons. The van der Waals surface area contributed by atoms with E-state index in [1.54, 1.807) is 18.2 Å². The normalized spacial score (nSPS) is 10.1. The Labute approximate surface area is 118 Å². The molecular weight excluding hydrogens is 260 g/mol. The Hall–Kier alpha value is -2.08. The van der Waals surface area contributed by atoms with Gasteiger partial charge in [-0.2, -0.15) is 0 Å². The molecule has 0 unspecified atom stereocenters. The second-order valence-corrected chi connectivity index (χ2v) is 4.20. The molecule has 0 fully saturated rings. The zero-order valence-corrected chi connectivity index (χ0v) is 11.5. The molecule has 0 saturated heterocycles. The van der Waals surface area contributed by atoms with E-state index < -0.39 is 12.0 Å². The largest absolute Gasteiger partial charge is 0.478 e. The van der Waals surface area contributed by atoms with Crippen molar-refractivity contribution >= 4 is 17.7 Å². The molecule has 0 atom stereocenters. The molecule has 0 radical (unpaired) electrons. The van der Waals surface area contributed by atoms with Gasteiger partial charge >= 0.3 is 12.0 Å². The molecular formula is C14H20N2O4. The van der Waals surface area contributed by atoms with E-state index in [2.05, 4.69) is 10.6 Å². The van der Waals surface area contributed by atoms with Crippen LogP contribution in [0.2, 0.25) is 0 Å². The molecule has 6 heteroatoms. The Morgan fingerprint density at radius 1 is 1.25 bits per heavy atom. The first-order valence-corrected chi connectivity index (χ1v) is 6.60. The van der Waals surface area contributed by atoms with Crippen molar-refractivity contribution in [3.05, 3.63) is 29.8 Å². The fraction of sp³-hybridized carbons (Fsp3) is 0.429. The highest BCUT2D eigenvalue weighted by atomic mass is 16.5. The van der Waals surface area contributed by atoms with Crippen molar-refractivity contribution < 1.29 is 19.4 Å². The number of benzene rings is 1. The molecule has 20 heavy (non-hydrogen) atoms. The van der Waals surface area contributed by atoms with Gasteiger partial charge in [0.15, 0.2) is 0 Å². The summed E-state index contributed by atoms with van der Waals surface area (Å²) in [6.45, 7) is 3.83. The minimum Gasteiger partial charge on any atom is -0.478 e. The van der Waals surface area contributed by atoms with Crippen LogP contribution in [0.1, 0.15) is 30.1 Å². The van der Waals surface area contributed by atoms with E-state index in [4.69, 9.17) is 9.84 Å². The number of carboxylic acid groups (broad SMARTS) is 1. The lowest BCUT2D eigenvalue weighted by molar-refractivity contribution is 0.0698. The molecule has 0 aliphatic carbocycles. The number of carbonyl (C=O) groups is 2. The summed E-state index contributed by atoms with van der Waals surface area (Å²) in [7, 11) is 0. The van der Waals surface area contributed by atoms with Gasteiger partial charge in [0, 0.05) is 19.8 Å². The van der Waals surface area contributed by atoms with Gasteiger partial charge in [0.05, 0.1) is 11.3 Å². The van der Waals surface area contributed by atoms with Gasteiger partial charge in [0.2, 0.25) is 0 Å². The van der Waals surface area contributed by atoms with Gasteiger partial charge in [-0.05, 0) is 25.0 Å². The molecule has 1 aromatic carbocycles. The van der Waals surface area contributed by atoms with E-state index in [1.807, 2.05) is 6.92 Å². The van der Waals surface area contributed by atoms with E-state index in [9.17, 15) is 9.59 Å². The van der Waals surface area contributed by atoms with Crippen LogP contribution in [0.3, 0.4) is 0 Å². The van der Waals surface area contributed by atoms with E-state index in [0.717, 1.165) is 13.0 Å². The topological polar surface area (TPSA) is 87.7 Å². The van der Waals surface area contributed by atoms with Crippen LogP contribution in [-0.2, 0) is 4.74 Å². The van der Waals surface area contributed by atoms with E-state index in [0.29, 0.717) is 19.6 Å². The second kappa shape index (κ2) is 8.92. The highest BCUT2D eigenvalue weighted by Crippen LogP contribution is 2.14. The van der Waals surface area contributed by atoms with Crippen molar-refractivity contribution in [2.24, 2.45) is 0 Å². The summed E-state index contributed by atoms with van der Waals surface area (Å²) in [6, 6.07) is 5.84. The molecule has 1 aromatic rings. The third-order valence-corrected chi connectivity index (χ3v) is 2.51. The number of carbonyl (C=O) groups excluding carboxylic acids is 1. The lowest BCUT2D eigenvalue weighted by Crippen LogP contribution is -2.30. The molecule has 1 rings (SSSR count). The Morgan fingerprint density at radius 2 is 2.00 bits per heavy atom. The predicted molar refractivity (Wildman–Crippen MR) is 76.1 cm³/mol. The van der Waals surface area contributed by atoms with Gasteiger partial charge < -0.3 is 20.5 Å². The third kappa shape index (κ3) is 5.71. The van der Waals surface area contributed by atoms with Gasteiger partial charge in [-0.1, -0.05) is 19.1 Å². The van der Waals surface area contributed by atoms with Crippen molar-refractivity contribution in [1.29, 1.82) is 0 Å². The standard InChI is InChI=1S/C14H20N2O4/c1-2-9-20-10-5-8-15-14(19)16-12-7-4-3-6-11(12)13(17)18/h3-4,6-7H,2,5,8-10H2,1H3,(H,17,18)(H2,15,16,19). The smallest absolute Gasteiger partial charge is 0.337 e. The lowest BCUT2D eigenvalue weighted by atomic mass is 10.2. The summed E-state index contributed by atoms with van der Waals surface area (Å²) in [4.78, 5) is 22.6. The van der Waals surface area contributed by atoms with Gasteiger partial charge in [-0.25, -0.2) is 9.59 Å². The van der Waals surface area contributed by atoms with Crippen LogP contribution in [0.5, 0.6) is 0 Å². The van der Waals surface area contributed by atoms with Crippen LogP contribution in [0.25, 0.3) is 0 Å². The summed E-state index contributed by atoms with van der Waals surface area (Å²) in [5.74, 6) is -1.08. The SMILES string of the molecule is CCCOCCCNC(=O)Nc1ccccc1C(=O)O. The fourth-order valence-electron chi connectivity index (χ4n) is 1.57. The maximum Gasteiger partial charge on any atom is 0.337 e. The summed E-state index contributed by atoms with van der Waals surface area (Å²) in [5, 5.41) is 14.2. The first-order valence-electron chi connectivity index (χ1n) is 6.60. The third-order valence-electron chi connectivity index (χ3n) is 2.51. The number of aromatic carboxylic acids is 1. The molecule has 0 aliphatic heterocycles. The molecule has 2 amide bonds. The second-order valence-electron chi connectivity index (χ2n) is 4.20. The predicted octanol–water partition coefficient (Wildman–Crippen LogP) is 2.32. The zero-order chi connectivity index (χ0) is 14.8. The van der Waals surface area contributed by atoms with Gasteiger partial charge in [0.1, 0.15) is 0 Å². The van der Waals surface area contributed by atoms with Crippen molar-refractivity contribution in [3.63, 3.8) is 0 Å². The van der Waals surface area contributed by atoms with Gasteiger partial charge in [0.25, 0.3) is 0 Å². The van der Waals surface area contributed by atoms with E-state index in [1.165, 1.54) is 6.07 Å². The first-order chi connectivity index (χ1) is 9.65. The minimum atomic E-state index is -1.08. The number of rotatable bonds is 8. The summed E-state index contributed by atoms with van der Waals surface area (Å²) in [5.41, 5.74) is 0.341. The van der Waals surface area contributed by atoms with Crippen molar-refractivity contribution in [2.75, 3.05) is 25.1 Å². The maximum absolute atomic E-state index is 11.6. The number of amides is 2. The monoisotopic (exact) mass is 280 g/mol. The number of ether oxygens (including phenoxy) is 1. The van der Waals surface area contributed by atoms with E-state index >= 15 is 0 Å². The molecule has 0 bridgehead atoms. The summed E-state index contributed by atoms with van der Waals surface area (Å²) in [6.07, 6.45) is 1.69. The van der Waals surface area contributed by atoms with Gasteiger partial charge in [-0.15, -0.1) is 0 Å². The number of hydrogen-bond donors (Lipinski definition) is 3. The summed E-state index contributed by atoms with van der Waals surface area (Å²) >= 11 is 0. The average molecular weight is 280 g/mol. The number of anilines is 1. The highest BCUT2D eigenvalue weighted by molar-refractivity contribution is 5.99. The molecule has 0 aliphatic rings. The Kier molecular flexibility index (Phi) is 7.13. The van der Waals surface area contributed by atoms with Crippen molar-refractivity contribution in [1.82, 2.24) is 5.32 Å². The van der Waals surface area contributed by atoms with E-state index in [-0.39, 0.29) is 11.3 Å². The van der Waals surface area contributed by atoms with Crippen LogP contribution < -0.4 is 10.6 Å². The van der Waals surface area contributed by atoms with Crippen LogP contribution in [0, 0.1) is 0 Å². The Balaban J connectivity index is 2.34. The fourth-order valence-corrected chi connectivity index (χ4v) is 1.57. The minimum absolute atomic E-state index is 0.0638. The maximum atomic E-state index is 11.6.